The Kier molecular flexibility index (Phi) is 8.71. The largest absolute Gasteiger partial charge is 0.309 e. The minimum Gasteiger partial charge on any atom is -0.309 e. The average Bonchev–Trinajstić information content (AvgIpc) is 3.71. The molecule has 0 radical (unpaired) electrons. The Labute approximate surface area is 363 Å². The molecule has 0 N–H and O–H groups in total. The minimum atomic E-state index is 0.820. The zero-order valence-corrected chi connectivity index (χ0v) is 34.0. The number of aromatic nitrogens is 6. The maximum Gasteiger partial charge on any atom is 0.0886 e. The summed E-state index contributed by atoms with van der Waals surface area (Å²) in [6.07, 6.45) is 7.45. The van der Waals surface area contributed by atoms with Crippen molar-refractivity contribution in [3.63, 3.8) is 0 Å². The first kappa shape index (κ1) is 36.3. The van der Waals surface area contributed by atoms with Crippen molar-refractivity contribution in [3.05, 3.63) is 219 Å². The number of fused-ring (bicyclic) bond motifs is 7. The lowest BCUT2D eigenvalue weighted by Crippen LogP contribution is -1.95. The fourth-order valence-electron chi connectivity index (χ4n) is 9.06. The number of hydrogen-bond acceptors (Lipinski definition) is 5. The van der Waals surface area contributed by atoms with Crippen LogP contribution in [-0.4, -0.2) is 29.5 Å². The van der Waals surface area contributed by atoms with E-state index in [0.717, 1.165) is 100 Å². The molecule has 6 heteroatoms. The maximum atomic E-state index is 5.65. The molecule has 0 fully saturated rings. The zero-order valence-electron chi connectivity index (χ0n) is 34.0. The van der Waals surface area contributed by atoms with Crippen LogP contribution in [0.2, 0.25) is 0 Å². The van der Waals surface area contributed by atoms with E-state index < -0.39 is 0 Å². The smallest absolute Gasteiger partial charge is 0.0886 e. The standard InChI is InChI=1S/C57H36N6/c1-3-14-37(15-4-1)56-47-26-29-53-55(45-18-7-8-23-52(45)63(53)43-16-5-2-6-17-43)54(47)46-20-13-19-44(57(46)62-56)41-32-40(38-24-28-51(61-35-38)50-22-10-12-31-59-50)33-42(34-41)49-27-25-39(36-60-49)48-21-9-11-30-58-48/h1-36H. The van der Waals surface area contributed by atoms with E-state index in [-0.39, 0.29) is 0 Å². The van der Waals surface area contributed by atoms with Crippen LogP contribution in [0.3, 0.4) is 0 Å². The van der Waals surface area contributed by atoms with Gasteiger partial charge < -0.3 is 4.57 Å². The maximum absolute atomic E-state index is 5.65. The second kappa shape index (κ2) is 15.1. The first-order valence-electron chi connectivity index (χ1n) is 21.1. The molecular weight excluding hydrogens is 769 g/mol. The number of para-hydroxylation sites is 3. The molecule has 0 aliphatic carbocycles. The Morgan fingerprint density at radius 3 is 1.73 bits per heavy atom. The van der Waals surface area contributed by atoms with Crippen molar-refractivity contribution in [1.82, 2.24) is 29.5 Å². The van der Waals surface area contributed by atoms with Crippen LogP contribution < -0.4 is 0 Å². The molecule has 6 heterocycles. The number of benzene rings is 6. The summed E-state index contributed by atoms with van der Waals surface area (Å²) >= 11 is 0. The quantitative estimate of drug-likeness (QED) is 0.150. The van der Waals surface area contributed by atoms with Crippen molar-refractivity contribution in [2.24, 2.45) is 0 Å². The third-order valence-electron chi connectivity index (χ3n) is 12.0. The molecule has 0 atom stereocenters. The summed E-state index contributed by atoms with van der Waals surface area (Å²) in [4.78, 5) is 24.6. The van der Waals surface area contributed by atoms with Crippen LogP contribution in [-0.2, 0) is 0 Å². The third kappa shape index (κ3) is 6.32. The molecule has 0 aliphatic rings. The number of pyridine rings is 5. The van der Waals surface area contributed by atoms with Crippen molar-refractivity contribution in [2.45, 2.75) is 0 Å². The Bertz CT molecular complexity index is 3530. The lowest BCUT2D eigenvalue weighted by molar-refractivity contribution is 1.18. The third-order valence-corrected chi connectivity index (χ3v) is 12.0. The topological polar surface area (TPSA) is 69.4 Å². The van der Waals surface area contributed by atoms with Crippen LogP contribution in [0.15, 0.2) is 219 Å². The van der Waals surface area contributed by atoms with Gasteiger partial charge in [-0.15, -0.1) is 0 Å². The second-order valence-electron chi connectivity index (χ2n) is 15.7. The monoisotopic (exact) mass is 804 g/mol. The van der Waals surface area contributed by atoms with Crippen molar-refractivity contribution >= 4 is 43.5 Å². The highest BCUT2D eigenvalue weighted by Crippen LogP contribution is 2.45. The summed E-state index contributed by atoms with van der Waals surface area (Å²) < 4.78 is 2.39. The van der Waals surface area contributed by atoms with E-state index >= 15 is 0 Å². The molecule has 0 aliphatic heterocycles. The highest BCUT2D eigenvalue weighted by Gasteiger charge is 2.21. The molecule has 6 nitrogen and oxygen atoms in total. The summed E-state index contributed by atoms with van der Waals surface area (Å²) in [5.41, 5.74) is 15.8. The highest BCUT2D eigenvalue weighted by atomic mass is 15.0. The zero-order chi connectivity index (χ0) is 41.7. The van der Waals surface area contributed by atoms with Crippen molar-refractivity contribution in [3.8, 4) is 73.1 Å². The van der Waals surface area contributed by atoms with E-state index in [1.54, 1.807) is 6.20 Å². The fourth-order valence-corrected chi connectivity index (χ4v) is 9.06. The van der Waals surface area contributed by atoms with Crippen molar-refractivity contribution < 1.29 is 0 Å². The summed E-state index contributed by atoms with van der Waals surface area (Å²) in [7, 11) is 0. The molecule has 294 valence electrons. The van der Waals surface area contributed by atoms with Gasteiger partial charge in [0.15, 0.2) is 0 Å². The second-order valence-corrected chi connectivity index (χ2v) is 15.7. The summed E-state index contributed by atoms with van der Waals surface area (Å²) in [5.74, 6) is 0. The van der Waals surface area contributed by atoms with Gasteiger partial charge in [-0.3, -0.25) is 19.9 Å². The lowest BCUT2D eigenvalue weighted by atomic mass is 9.91. The number of nitrogens with zero attached hydrogens (tertiary/aromatic N) is 6. The summed E-state index contributed by atoms with van der Waals surface area (Å²) in [6.45, 7) is 0. The molecule has 0 unspecified atom stereocenters. The molecule has 6 aromatic heterocycles. The summed E-state index contributed by atoms with van der Waals surface area (Å²) in [6, 6.07) is 67.9. The Balaban J connectivity index is 1.12. The van der Waals surface area contributed by atoms with Gasteiger partial charge >= 0.3 is 0 Å². The molecule has 12 rings (SSSR count). The summed E-state index contributed by atoms with van der Waals surface area (Å²) in [5, 5.41) is 5.79. The van der Waals surface area contributed by atoms with Crippen LogP contribution in [0.25, 0.3) is 117 Å². The molecule has 0 saturated heterocycles. The average molecular weight is 805 g/mol. The van der Waals surface area contributed by atoms with Gasteiger partial charge in [0.05, 0.1) is 45.0 Å². The predicted molar refractivity (Wildman–Crippen MR) is 257 cm³/mol. The van der Waals surface area contributed by atoms with E-state index in [4.69, 9.17) is 15.0 Å². The van der Waals surface area contributed by atoms with Gasteiger partial charge in [-0.25, -0.2) is 4.98 Å². The van der Waals surface area contributed by atoms with Gasteiger partial charge in [0.2, 0.25) is 0 Å². The first-order chi connectivity index (χ1) is 31.2. The Morgan fingerprint density at radius 2 is 0.968 bits per heavy atom. The van der Waals surface area contributed by atoms with Crippen LogP contribution in [0, 0.1) is 0 Å². The number of hydrogen-bond donors (Lipinski definition) is 0. The van der Waals surface area contributed by atoms with Crippen LogP contribution in [0.4, 0.5) is 0 Å². The van der Waals surface area contributed by atoms with Crippen LogP contribution in [0.1, 0.15) is 0 Å². The molecule has 63 heavy (non-hydrogen) atoms. The van der Waals surface area contributed by atoms with E-state index in [9.17, 15) is 0 Å². The van der Waals surface area contributed by atoms with Gasteiger partial charge in [-0.05, 0) is 96.1 Å². The minimum absolute atomic E-state index is 0.820. The van der Waals surface area contributed by atoms with Gasteiger partial charge in [0, 0.05) is 85.2 Å². The molecule has 12 aromatic rings. The van der Waals surface area contributed by atoms with E-state index in [1.165, 1.54) is 16.2 Å². The molecule has 6 aromatic carbocycles. The van der Waals surface area contributed by atoms with Crippen LogP contribution >= 0.6 is 0 Å². The Morgan fingerprint density at radius 1 is 0.333 bits per heavy atom. The van der Waals surface area contributed by atoms with Gasteiger partial charge in [0.1, 0.15) is 0 Å². The predicted octanol–water partition coefficient (Wildman–Crippen LogP) is 14.1. The lowest BCUT2D eigenvalue weighted by Gasteiger charge is -2.16. The van der Waals surface area contributed by atoms with Gasteiger partial charge in [-0.1, -0.05) is 109 Å². The number of rotatable bonds is 7. The highest BCUT2D eigenvalue weighted by molar-refractivity contribution is 6.30. The molecule has 0 saturated carbocycles. The normalized spacial score (nSPS) is 11.5. The Hall–Kier alpha value is -8.61. The molecule has 0 bridgehead atoms. The molecular formula is C57H36N6. The molecule has 0 amide bonds. The molecule has 0 spiro atoms. The van der Waals surface area contributed by atoms with Crippen LogP contribution in [0.5, 0.6) is 0 Å². The SMILES string of the molecule is c1ccc(-c2nc3c(-c4cc(-c5ccc(-c6ccccn6)nc5)cc(-c5ccc(-c6ccccn6)cn5)c4)cccc3c3c2ccc2c3c3ccccc3n2-c2ccccc2)cc1. The fraction of sp³-hybridized carbons (Fsp3) is 0. The van der Waals surface area contributed by atoms with Crippen molar-refractivity contribution in [2.75, 3.05) is 0 Å². The van der Waals surface area contributed by atoms with E-state index in [0.29, 0.717) is 0 Å². The van der Waals surface area contributed by atoms with Gasteiger partial charge in [-0.2, -0.15) is 0 Å². The van der Waals surface area contributed by atoms with E-state index in [2.05, 4.69) is 166 Å². The van der Waals surface area contributed by atoms with Gasteiger partial charge in [0.25, 0.3) is 0 Å². The van der Waals surface area contributed by atoms with E-state index in [1.807, 2.05) is 61.1 Å². The first-order valence-corrected chi connectivity index (χ1v) is 21.1. The van der Waals surface area contributed by atoms with Crippen molar-refractivity contribution in [1.29, 1.82) is 0 Å².